The standard InChI is InChI=1S/C20H18N2O6/c23-18-14(8-6-12-7-9-15-16(10-12)28-11-27-15)17(19(24)25)22(18)20(26)21-13-4-2-1-3-5-13/h1-5,7,9-10,14,17H,6,8,11H2,(H,21,26)(H,24,25)/t14-,17+/m1/s1. The Morgan fingerprint density at radius 1 is 1.11 bits per heavy atom. The van der Waals surface area contributed by atoms with Gasteiger partial charge in [0.2, 0.25) is 12.7 Å². The molecule has 2 aliphatic rings. The van der Waals surface area contributed by atoms with E-state index in [1.807, 2.05) is 12.1 Å². The topological polar surface area (TPSA) is 105 Å². The number of fused-ring (bicyclic) bond motifs is 1. The summed E-state index contributed by atoms with van der Waals surface area (Å²) in [5.41, 5.74) is 1.40. The zero-order chi connectivity index (χ0) is 19.7. The Kier molecular flexibility index (Phi) is 4.60. The lowest BCUT2D eigenvalue weighted by Gasteiger charge is -2.42. The van der Waals surface area contributed by atoms with Crippen molar-refractivity contribution < 1.29 is 29.0 Å². The van der Waals surface area contributed by atoms with Gasteiger partial charge < -0.3 is 19.9 Å². The smallest absolute Gasteiger partial charge is 0.329 e. The van der Waals surface area contributed by atoms with Gasteiger partial charge in [0.15, 0.2) is 17.5 Å². The van der Waals surface area contributed by atoms with Gasteiger partial charge in [-0.05, 0) is 42.7 Å². The zero-order valence-electron chi connectivity index (χ0n) is 14.8. The summed E-state index contributed by atoms with van der Waals surface area (Å²) in [7, 11) is 0. The van der Waals surface area contributed by atoms with Gasteiger partial charge in [-0.15, -0.1) is 0 Å². The van der Waals surface area contributed by atoms with Crippen LogP contribution in [0.5, 0.6) is 11.5 Å². The summed E-state index contributed by atoms with van der Waals surface area (Å²) < 4.78 is 10.6. The van der Waals surface area contributed by atoms with Crippen LogP contribution in [0.25, 0.3) is 0 Å². The minimum Gasteiger partial charge on any atom is -0.480 e. The molecule has 0 bridgehead atoms. The van der Waals surface area contributed by atoms with Crippen molar-refractivity contribution >= 4 is 23.6 Å². The number of imide groups is 1. The molecule has 4 rings (SSSR count). The number of aliphatic carboxylic acids is 1. The number of nitrogens with one attached hydrogen (secondary N) is 1. The van der Waals surface area contributed by atoms with Gasteiger partial charge in [-0.1, -0.05) is 24.3 Å². The van der Waals surface area contributed by atoms with Crippen LogP contribution in [0.4, 0.5) is 10.5 Å². The maximum atomic E-state index is 12.5. The molecular weight excluding hydrogens is 364 g/mol. The molecule has 0 saturated carbocycles. The number of nitrogens with zero attached hydrogens (tertiary/aromatic N) is 1. The van der Waals surface area contributed by atoms with Crippen LogP contribution in [0.1, 0.15) is 12.0 Å². The summed E-state index contributed by atoms with van der Waals surface area (Å²) in [4.78, 5) is 37.3. The summed E-state index contributed by atoms with van der Waals surface area (Å²) in [6, 6.07) is 12.1. The highest BCUT2D eigenvalue weighted by Gasteiger charge is 2.54. The van der Waals surface area contributed by atoms with Crippen LogP contribution in [-0.4, -0.2) is 40.7 Å². The van der Waals surface area contributed by atoms with Gasteiger partial charge in [0.1, 0.15) is 0 Å². The number of para-hydroxylation sites is 1. The molecule has 28 heavy (non-hydrogen) atoms. The van der Waals surface area contributed by atoms with E-state index in [0.717, 1.165) is 10.5 Å². The lowest BCUT2D eigenvalue weighted by Crippen LogP contribution is -2.67. The molecule has 0 aliphatic carbocycles. The maximum Gasteiger partial charge on any atom is 0.329 e. The number of rotatable bonds is 5. The number of carboxylic acid groups (broad SMARTS) is 1. The van der Waals surface area contributed by atoms with Gasteiger partial charge in [-0.2, -0.15) is 0 Å². The number of carboxylic acids is 1. The highest BCUT2D eigenvalue weighted by atomic mass is 16.7. The number of likely N-dealkylation sites (tertiary alicyclic amines) is 1. The molecule has 2 atom stereocenters. The fraction of sp³-hybridized carbons (Fsp3) is 0.250. The Balaban J connectivity index is 1.41. The van der Waals surface area contributed by atoms with Gasteiger partial charge in [0.25, 0.3) is 0 Å². The first-order valence-electron chi connectivity index (χ1n) is 8.85. The average Bonchev–Trinajstić information content (AvgIpc) is 3.14. The van der Waals surface area contributed by atoms with E-state index in [2.05, 4.69) is 5.32 Å². The van der Waals surface area contributed by atoms with E-state index >= 15 is 0 Å². The Morgan fingerprint density at radius 3 is 2.61 bits per heavy atom. The van der Waals surface area contributed by atoms with E-state index in [4.69, 9.17) is 9.47 Å². The largest absolute Gasteiger partial charge is 0.480 e. The lowest BCUT2D eigenvalue weighted by molar-refractivity contribution is -0.165. The van der Waals surface area contributed by atoms with E-state index < -0.39 is 29.9 Å². The Morgan fingerprint density at radius 2 is 1.86 bits per heavy atom. The molecule has 8 nitrogen and oxygen atoms in total. The van der Waals surface area contributed by atoms with Crippen LogP contribution < -0.4 is 14.8 Å². The highest BCUT2D eigenvalue weighted by molar-refractivity contribution is 6.11. The minimum atomic E-state index is -1.20. The average molecular weight is 382 g/mol. The summed E-state index contributed by atoms with van der Waals surface area (Å²) in [6.45, 7) is 0.173. The fourth-order valence-corrected chi connectivity index (χ4v) is 3.46. The van der Waals surface area contributed by atoms with Gasteiger partial charge in [0, 0.05) is 5.69 Å². The van der Waals surface area contributed by atoms with Crippen LogP contribution in [0.15, 0.2) is 48.5 Å². The summed E-state index contributed by atoms with van der Waals surface area (Å²) >= 11 is 0. The number of amides is 3. The molecule has 2 aliphatic heterocycles. The van der Waals surface area contributed by atoms with Crippen molar-refractivity contribution in [1.82, 2.24) is 4.90 Å². The van der Waals surface area contributed by atoms with Crippen molar-refractivity contribution in [3.8, 4) is 11.5 Å². The van der Waals surface area contributed by atoms with E-state index in [0.29, 0.717) is 30.0 Å². The van der Waals surface area contributed by atoms with Crippen molar-refractivity contribution in [2.45, 2.75) is 18.9 Å². The maximum absolute atomic E-state index is 12.5. The van der Waals surface area contributed by atoms with Gasteiger partial charge >= 0.3 is 12.0 Å². The van der Waals surface area contributed by atoms with Crippen LogP contribution in [0.2, 0.25) is 0 Å². The molecule has 2 N–H and O–H groups in total. The van der Waals surface area contributed by atoms with E-state index in [-0.39, 0.29) is 6.79 Å². The molecule has 0 spiro atoms. The minimum absolute atomic E-state index is 0.173. The molecule has 1 saturated heterocycles. The molecule has 2 aromatic carbocycles. The van der Waals surface area contributed by atoms with Crippen LogP contribution in [0, 0.1) is 5.92 Å². The number of β-lactam (4-membered cyclic amide) rings is 1. The number of carbonyl (C=O) groups is 3. The summed E-state index contributed by atoms with van der Waals surface area (Å²) in [5.74, 6) is -1.13. The molecule has 8 heteroatoms. The Bertz CT molecular complexity index is 930. The second-order valence-corrected chi connectivity index (χ2v) is 6.62. The first kappa shape index (κ1) is 17.8. The third kappa shape index (κ3) is 3.24. The SMILES string of the molecule is O=C(O)[C@@H]1[C@@H](CCc2ccc3c(c2)OCO3)C(=O)N1C(=O)Nc1ccccc1. The molecule has 2 heterocycles. The van der Waals surface area contributed by atoms with Crippen molar-refractivity contribution in [2.75, 3.05) is 12.1 Å². The second-order valence-electron chi connectivity index (χ2n) is 6.62. The van der Waals surface area contributed by atoms with Crippen LogP contribution >= 0.6 is 0 Å². The first-order valence-corrected chi connectivity index (χ1v) is 8.85. The van der Waals surface area contributed by atoms with Crippen molar-refractivity contribution in [3.05, 3.63) is 54.1 Å². The molecular formula is C20H18N2O6. The molecule has 0 unspecified atom stereocenters. The van der Waals surface area contributed by atoms with Crippen LogP contribution in [0.3, 0.4) is 0 Å². The summed E-state index contributed by atoms with van der Waals surface area (Å²) in [6.07, 6.45) is 0.815. The Hall–Kier alpha value is -3.55. The molecule has 3 amide bonds. The molecule has 2 aromatic rings. The number of ether oxygens (including phenoxy) is 2. The van der Waals surface area contributed by atoms with Gasteiger partial charge in [0.05, 0.1) is 5.92 Å². The van der Waals surface area contributed by atoms with E-state index in [1.165, 1.54) is 0 Å². The number of hydrogen-bond donors (Lipinski definition) is 2. The number of hydrogen-bond acceptors (Lipinski definition) is 5. The molecule has 0 radical (unpaired) electrons. The second kappa shape index (κ2) is 7.22. The zero-order valence-corrected chi connectivity index (χ0v) is 14.8. The Labute approximate surface area is 160 Å². The molecule has 0 aromatic heterocycles. The van der Waals surface area contributed by atoms with Gasteiger partial charge in [-0.3, -0.25) is 4.79 Å². The van der Waals surface area contributed by atoms with Gasteiger partial charge in [-0.25, -0.2) is 14.5 Å². The molecule has 144 valence electrons. The van der Waals surface area contributed by atoms with E-state index in [1.54, 1.807) is 36.4 Å². The van der Waals surface area contributed by atoms with E-state index in [9.17, 15) is 19.5 Å². The fourth-order valence-electron chi connectivity index (χ4n) is 3.46. The van der Waals surface area contributed by atoms with Crippen molar-refractivity contribution in [1.29, 1.82) is 0 Å². The first-order chi connectivity index (χ1) is 13.5. The highest BCUT2D eigenvalue weighted by Crippen LogP contribution is 2.35. The number of carbonyl (C=O) groups excluding carboxylic acids is 2. The third-order valence-corrected chi connectivity index (χ3v) is 4.89. The third-order valence-electron chi connectivity index (χ3n) is 4.89. The number of urea groups is 1. The van der Waals surface area contributed by atoms with Crippen LogP contribution in [-0.2, 0) is 16.0 Å². The quantitative estimate of drug-likeness (QED) is 0.770. The number of anilines is 1. The lowest BCUT2D eigenvalue weighted by atomic mass is 9.83. The summed E-state index contributed by atoms with van der Waals surface area (Å²) in [5, 5.41) is 12.1. The monoisotopic (exact) mass is 382 g/mol. The van der Waals surface area contributed by atoms with Crippen molar-refractivity contribution in [3.63, 3.8) is 0 Å². The van der Waals surface area contributed by atoms with Crippen molar-refractivity contribution in [2.24, 2.45) is 5.92 Å². The number of aryl methyl sites for hydroxylation is 1. The predicted octanol–water partition coefficient (Wildman–Crippen LogP) is 2.49. The predicted molar refractivity (Wildman–Crippen MR) is 98.1 cm³/mol. The molecule has 1 fully saturated rings. The normalized spacial score (nSPS) is 19.9. The number of benzene rings is 2.